The number of nitrogens with one attached hydrogen (secondary N) is 2. The van der Waals surface area contributed by atoms with Gasteiger partial charge in [-0.2, -0.15) is 0 Å². The quantitative estimate of drug-likeness (QED) is 0.759. The van der Waals surface area contributed by atoms with Crippen molar-refractivity contribution in [2.75, 3.05) is 5.32 Å². The molecule has 0 unspecified atom stereocenters. The Balaban J connectivity index is 1.91. The molecule has 0 atom stereocenters. The van der Waals surface area contributed by atoms with Crippen LogP contribution in [0, 0.1) is 0 Å². The molecule has 0 fully saturated rings. The molecule has 2 aromatic heterocycles. The van der Waals surface area contributed by atoms with Crippen LogP contribution in [0.2, 0.25) is 0 Å². The van der Waals surface area contributed by atoms with Crippen LogP contribution in [0.15, 0.2) is 47.3 Å². The normalized spacial score (nSPS) is 10.6. The van der Waals surface area contributed by atoms with Crippen LogP contribution in [-0.2, 0) is 0 Å². The van der Waals surface area contributed by atoms with E-state index >= 15 is 0 Å². The topological polar surface area (TPSA) is 53.6 Å². The summed E-state index contributed by atoms with van der Waals surface area (Å²) in [7, 11) is 0. The van der Waals surface area contributed by atoms with Gasteiger partial charge in [0.1, 0.15) is 5.82 Å². The second-order valence-corrected chi connectivity index (χ2v) is 4.54. The Bertz CT molecular complexity index is 645. The minimum atomic E-state index is 0.812. The molecule has 2 heterocycles. The fraction of sp³-hybridized carbons (Fsp3) is 0. The van der Waals surface area contributed by atoms with Crippen LogP contribution >= 0.6 is 15.9 Å². The molecule has 0 spiro atoms. The molecule has 17 heavy (non-hydrogen) atoms. The van der Waals surface area contributed by atoms with E-state index in [1.807, 2.05) is 30.3 Å². The van der Waals surface area contributed by atoms with Crippen LogP contribution in [0.25, 0.3) is 11.0 Å². The summed E-state index contributed by atoms with van der Waals surface area (Å²) in [5.74, 6) is 0.812. The van der Waals surface area contributed by atoms with Crippen LogP contribution in [0.1, 0.15) is 0 Å². The minimum Gasteiger partial charge on any atom is -0.345 e. The second kappa shape index (κ2) is 4.18. The molecule has 84 valence electrons. The van der Waals surface area contributed by atoms with Crippen LogP contribution in [0.4, 0.5) is 11.5 Å². The first-order chi connectivity index (χ1) is 8.31. The van der Waals surface area contributed by atoms with E-state index in [0.717, 1.165) is 27.0 Å². The Morgan fingerprint density at radius 3 is 2.88 bits per heavy atom. The van der Waals surface area contributed by atoms with Gasteiger partial charge < -0.3 is 10.3 Å². The molecule has 1 aromatic carbocycles. The number of H-pyrrole nitrogens is 1. The lowest BCUT2D eigenvalue weighted by Crippen LogP contribution is -1.92. The molecule has 0 saturated heterocycles. The molecule has 3 aromatic rings. The fourth-order valence-corrected chi connectivity index (χ4v) is 1.85. The summed E-state index contributed by atoms with van der Waals surface area (Å²) in [6.45, 7) is 0. The van der Waals surface area contributed by atoms with E-state index in [0.29, 0.717) is 0 Å². The molecule has 5 heteroatoms. The number of pyridine rings is 1. The summed E-state index contributed by atoms with van der Waals surface area (Å²) >= 11 is 3.35. The summed E-state index contributed by atoms with van der Waals surface area (Å²) in [5.41, 5.74) is 2.95. The summed E-state index contributed by atoms with van der Waals surface area (Å²) in [5, 5.41) is 3.23. The van der Waals surface area contributed by atoms with Gasteiger partial charge in [-0.05, 0) is 46.3 Å². The largest absolute Gasteiger partial charge is 0.345 e. The zero-order valence-corrected chi connectivity index (χ0v) is 10.4. The van der Waals surface area contributed by atoms with Crippen molar-refractivity contribution >= 4 is 38.5 Å². The van der Waals surface area contributed by atoms with Crippen molar-refractivity contribution in [3.8, 4) is 0 Å². The number of aromatic amines is 1. The first kappa shape index (κ1) is 10.3. The number of hydrogen-bond donors (Lipinski definition) is 2. The Hall–Kier alpha value is -1.88. The van der Waals surface area contributed by atoms with Crippen molar-refractivity contribution in [1.82, 2.24) is 15.0 Å². The Labute approximate surface area is 106 Å². The molecule has 0 amide bonds. The molecule has 0 aliphatic heterocycles. The molecular formula is C12H9BrN4. The smallest absolute Gasteiger partial charge is 0.130 e. The van der Waals surface area contributed by atoms with Gasteiger partial charge in [0.2, 0.25) is 0 Å². The number of imidazole rings is 1. The Morgan fingerprint density at radius 2 is 2.06 bits per heavy atom. The lowest BCUT2D eigenvalue weighted by Gasteiger charge is -2.05. The number of fused-ring (bicyclic) bond motifs is 1. The van der Waals surface area contributed by atoms with E-state index in [-0.39, 0.29) is 0 Å². The van der Waals surface area contributed by atoms with E-state index in [1.54, 1.807) is 12.5 Å². The maximum absolute atomic E-state index is 4.26. The monoisotopic (exact) mass is 288 g/mol. The lowest BCUT2D eigenvalue weighted by atomic mass is 10.2. The number of halogens is 1. The third kappa shape index (κ3) is 2.14. The fourth-order valence-electron chi connectivity index (χ4n) is 1.61. The number of rotatable bonds is 2. The zero-order chi connectivity index (χ0) is 11.7. The van der Waals surface area contributed by atoms with Crippen LogP contribution in [0.3, 0.4) is 0 Å². The average Bonchev–Trinajstić information content (AvgIpc) is 2.79. The van der Waals surface area contributed by atoms with Gasteiger partial charge in [0.25, 0.3) is 0 Å². The summed E-state index contributed by atoms with van der Waals surface area (Å²) in [4.78, 5) is 11.5. The first-order valence-corrected chi connectivity index (χ1v) is 5.92. The predicted octanol–water partition coefficient (Wildman–Crippen LogP) is 3.46. The third-order valence-corrected chi connectivity index (χ3v) is 2.89. The van der Waals surface area contributed by atoms with E-state index in [9.17, 15) is 0 Å². The number of nitrogens with zero attached hydrogens (tertiary/aromatic N) is 2. The maximum atomic E-state index is 4.26. The van der Waals surface area contributed by atoms with Crippen LogP contribution in [0.5, 0.6) is 0 Å². The highest BCUT2D eigenvalue weighted by Crippen LogP contribution is 2.19. The zero-order valence-electron chi connectivity index (χ0n) is 8.81. The Kier molecular flexibility index (Phi) is 2.53. The Morgan fingerprint density at radius 1 is 1.12 bits per heavy atom. The van der Waals surface area contributed by atoms with Gasteiger partial charge in [0, 0.05) is 16.4 Å². The van der Waals surface area contributed by atoms with Gasteiger partial charge >= 0.3 is 0 Å². The standard InChI is InChI=1S/C12H9BrN4/c13-8-1-4-12(14-6-8)17-9-2-3-10-11(5-9)16-7-15-10/h1-7H,(H,14,17)(H,15,16). The summed E-state index contributed by atoms with van der Waals surface area (Å²) in [6, 6.07) is 9.82. The average molecular weight is 289 g/mol. The molecule has 0 aliphatic carbocycles. The molecular weight excluding hydrogens is 280 g/mol. The van der Waals surface area contributed by atoms with E-state index < -0.39 is 0 Å². The van der Waals surface area contributed by atoms with Gasteiger partial charge in [0.05, 0.1) is 17.4 Å². The molecule has 0 aliphatic rings. The van der Waals surface area contributed by atoms with Gasteiger partial charge in [-0.1, -0.05) is 0 Å². The number of aromatic nitrogens is 3. The van der Waals surface area contributed by atoms with E-state index in [1.165, 1.54) is 0 Å². The lowest BCUT2D eigenvalue weighted by molar-refractivity contribution is 1.29. The molecule has 2 N–H and O–H groups in total. The summed E-state index contributed by atoms with van der Waals surface area (Å²) < 4.78 is 0.965. The van der Waals surface area contributed by atoms with Gasteiger partial charge in [-0.15, -0.1) is 0 Å². The SMILES string of the molecule is Brc1ccc(Nc2ccc3nc[nH]c3c2)nc1. The van der Waals surface area contributed by atoms with E-state index in [4.69, 9.17) is 0 Å². The highest BCUT2D eigenvalue weighted by molar-refractivity contribution is 9.10. The highest BCUT2D eigenvalue weighted by Gasteiger charge is 1.99. The van der Waals surface area contributed by atoms with Crippen molar-refractivity contribution in [2.45, 2.75) is 0 Å². The van der Waals surface area contributed by atoms with Crippen LogP contribution < -0.4 is 5.32 Å². The molecule has 0 saturated carbocycles. The third-order valence-electron chi connectivity index (χ3n) is 2.42. The molecule has 3 rings (SSSR count). The number of hydrogen-bond acceptors (Lipinski definition) is 3. The minimum absolute atomic E-state index is 0.812. The van der Waals surface area contributed by atoms with E-state index in [2.05, 4.69) is 36.2 Å². The number of benzene rings is 1. The van der Waals surface area contributed by atoms with Crippen molar-refractivity contribution in [3.63, 3.8) is 0 Å². The van der Waals surface area contributed by atoms with Gasteiger partial charge in [0.15, 0.2) is 0 Å². The molecule has 0 radical (unpaired) electrons. The van der Waals surface area contributed by atoms with Gasteiger partial charge in [-0.3, -0.25) is 0 Å². The summed E-state index contributed by atoms with van der Waals surface area (Å²) in [6.07, 6.45) is 3.45. The van der Waals surface area contributed by atoms with Crippen molar-refractivity contribution in [3.05, 3.63) is 47.3 Å². The first-order valence-electron chi connectivity index (χ1n) is 5.13. The maximum Gasteiger partial charge on any atom is 0.130 e. The van der Waals surface area contributed by atoms with Gasteiger partial charge in [-0.25, -0.2) is 9.97 Å². The van der Waals surface area contributed by atoms with Crippen molar-refractivity contribution < 1.29 is 0 Å². The van der Waals surface area contributed by atoms with Crippen LogP contribution in [-0.4, -0.2) is 15.0 Å². The molecule has 0 bridgehead atoms. The molecule has 4 nitrogen and oxygen atoms in total. The number of anilines is 2. The van der Waals surface area contributed by atoms with Crippen molar-refractivity contribution in [1.29, 1.82) is 0 Å². The predicted molar refractivity (Wildman–Crippen MR) is 71.3 cm³/mol. The van der Waals surface area contributed by atoms with Crippen molar-refractivity contribution in [2.24, 2.45) is 0 Å². The highest BCUT2D eigenvalue weighted by atomic mass is 79.9. The second-order valence-electron chi connectivity index (χ2n) is 3.62.